The highest BCUT2D eigenvalue weighted by molar-refractivity contribution is 7.47. The van der Waals surface area contributed by atoms with Gasteiger partial charge in [-0.1, -0.05) is 143 Å². The topological polar surface area (TPSA) is 105 Å². The van der Waals surface area contributed by atoms with Crippen LogP contribution in [-0.2, 0) is 18.4 Å². The maximum atomic E-state index is 12.8. The number of phosphoric ester groups is 1. The van der Waals surface area contributed by atoms with Crippen LogP contribution in [0.5, 0.6) is 0 Å². The zero-order valence-corrected chi connectivity index (χ0v) is 36.3. The molecule has 0 aromatic rings. The molecular formula is C46H80N2O6P+. The number of nitrogens with zero attached hydrogens (tertiary/aromatic N) is 1. The molecule has 9 heteroatoms. The largest absolute Gasteiger partial charge is 0.472 e. The molecule has 0 fully saturated rings. The Hall–Kier alpha value is -2.58. The normalized spacial score (nSPS) is 15.4. The lowest BCUT2D eigenvalue weighted by atomic mass is 10.1. The van der Waals surface area contributed by atoms with Crippen LogP contribution in [0.2, 0.25) is 0 Å². The average Bonchev–Trinajstić information content (AvgIpc) is 3.13. The summed E-state index contributed by atoms with van der Waals surface area (Å²) >= 11 is 0. The number of allylic oxidation sites excluding steroid dienone is 15. The van der Waals surface area contributed by atoms with Crippen LogP contribution in [0.25, 0.3) is 0 Å². The molecule has 8 nitrogen and oxygen atoms in total. The van der Waals surface area contributed by atoms with Crippen LogP contribution in [0, 0.1) is 0 Å². The van der Waals surface area contributed by atoms with Gasteiger partial charge in [0.15, 0.2) is 0 Å². The van der Waals surface area contributed by atoms with Gasteiger partial charge in [0.25, 0.3) is 0 Å². The SMILES string of the molecule is CC/C=C\C/C=C\C/C=C\C/C=C\C/C=C\CCCCCCCCCC(=O)NC(COP(=O)(O)OCC[N+](C)(C)C)C(O)/C=C/CC/C=C/CC/C=C/CC. The minimum atomic E-state index is -4.35. The fourth-order valence-corrected chi connectivity index (χ4v) is 5.96. The number of carbonyl (C=O) groups is 1. The van der Waals surface area contributed by atoms with Crippen LogP contribution in [0.1, 0.15) is 136 Å². The van der Waals surface area contributed by atoms with Gasteiger partial charge in [-0.25, -0.2) is 4.57 Å². The Bertz CT molecular complexity index is 1210. The Morgan fingerprint density at radius 2 is 1.05 bits per heavy atom. The van der Waals surface area contributed by atoms with Crippen molar-refractivity contribution < 1.29 is 32.9 Å². The van der Waals surface area contributed by atoms with Crippen molar-refractivity contribution in [2.45, 2.75) is 148 Å². The van der Waals surface area contributed by atoms with Crippen molar-refractivity contribution in [3.8, 4) is 0 Å². The molecule has 0 rings (SSSR count). The van der Waals surface area contributed by atoms with Gasteiger partial charge in [0.1, 0.15) is 13.2 Å². The number of aliphatic hydroxyl groups is 1. The number of hydrogen-bond donors (Lipinski definition) is 3. The molecule has 0 heterocycles. The molecule has 3 unspecified atom stereocenters. The third-order valence-corrected chi connectivity index (χ3v) is 9.51. The molecule has 0 spiro atoms. The lowest BCUT2D eigenvalue weighted by molar-refractivity contribution is -0.870. The Balaban J connectivity index is 4.40. The number of amides is 1. The van der Waals surface area contributed by atoms with Gasteiger partial charge in [-0.3, -0.25) is 13.8 Å². The van der Waals surface area contributed by atoms with Gasteiger partial charge in [-0.15, -0.1) is 0 Å². The van der Waals surface area contributed by atoms with Gasteiger partial charge in [-0.05, 0) is 83.5 Å². The number of carbonyl (C=O) groups excluding carboxylic acids is 1. The van der Waals surface area contributed by atoms with Crippen molar-refractivity contribution >= 4 is 13.7 Å². The zero-order valence-electron chi connectivity index (χ0n) is 35.4. The van der Waals surface area contributed by atoms with Crippen LogP contribution >= 0.6 is 7.82 Å². The number of aliphatic hydroxyl groups excluding tert-OH is 1. The van der Waals surface area contributed by atoms with E-state index in [1.54, 1.807) is 6.08 Å². The van der Waals surface area contributed by atoms with E-state index in [0.717, 1.165) is 96.3 Å². The van der Waals surface area contributed by atoms with Crippen LogP contribution in [0.15, 0.2) is 97.2 Å². The highest BCUT2D eigenvalue weighted by atomic mass is 31.2. The molecular weight excluding hydrogens is 707 g/mol. The summed E-state index contributed by atoms with van der Waals surface area (Å²) in [6.45, 7) is 4.50. The minimum absolute atomic E-state index is 0.0451. The van der Waals surface area contributed by atoms with Gasteiger partial charge in [-0.2, -0.15) is 0 Å². The number of rotatable bonds is 36. The third kappa shape index (κ3) is 39.5. The summed E-state index contributed by atoms with van der Waals surface area (Å²) in [4.78, 5) is 23.0. The Labute approximate surface area is 337 Å². The third-order valence-electron chi connectivity index (χ3n) is 8.53. The van der Waals surface area contributed by atoms with Gasteiger partial charge in [0.05, 0.1) is 39.9 Å². The molecule has 0 aliphatic heterocycles. The fourth-order valence-electron chi connectivity index (χ4n) is 5.22. The summed E-state index contributed by atoms with van der Waals surface area (Å²) in [5.74, 6) is -0.211. The molecule has 55 heavy (non-hydrogen) atoms. The second kappa shape index (κ2) is 37.0. The van der Waals surface area contributed by atoms with Crippen LogP contribution < -0.4 is 5.32 Å². The fraction of sp³-hybridized carbons (Fsp3) is 0.630. The summed E-state index contributed by atoms with van der Waals surface area (Å²) in [6.07, 6.45) is 52.0. The van der Waals surface area contributed by atoms with Crippen LogP contribution in [-0.4, -0.2) is 73.4 Å². The summed E-state index contributed by atoms with van der Waals surface area (Å²) < 4.78 is 23.4. The van der Waals surface area contributed by atoms with Crippen LogP contribution in [0.3, 0.4) is 0 Å². The molecule has 314 valence electrons. The molecule has 0 aromatic heterocycles. The van der Waals surface area contributed by atoms with E-state index in [1.165, 1.54) is 19.3 Å². The molecule has 1 amide bonds. The van der Waals surface area contributed by atoms with Crippen LogP contribution in [0.4, 0.5) is 0 Å². The van der Waals surface area contributed by atoms with E-state index in [1.807, 2.05) is 27.2 Å². The molecule has 3 atom stereocenters. The highest BCUT2D eigenvalue weighted by Crippen LogP contribution is 2.43. The van der Waals surface area contributed by atoms with Crippen molar-refractivity contribution in [2.24, 2.45) is 0 Å². The standard InChI is InChI=1S/C46H79N2O6P/c1-6-8-10-12-14-16-18-19-20-21-22-23-24-25-26-27-28-29-30-32-34-36-38-40-46(50)47-44(43-54-55(51,52)53-42-41-48(3,4)5)45(49)39-37-35-33-31-17-15-13-11-9-7-2/h8-11,14,16-17,19-20,22-23,25-26,31,37,39,44-45,49H,6-7,12-13,15,18,21,24,27-30,32-36,38,40-43H2,1-5H3,(H-,47,50,51,52)/p+1/b10-8-,11-9+,16-14-,20-19-,23-22-,26-25-,31-17+,39-37+. The molecule has 0 aliphatic carbocycles. The maximum absolute atomic E-state index is 12.8. The van der Waals surface area contributed by atoms with E-state index < -0.39 is 20.0 Å². The average molecular weight is 788 g/mol. The predicted octanol–water partition coefficient (Wildman–Crippen LogP) is 11.6. The predicted molar refractivity (Wildman–Crippen MR) is 235 cm³/mol. The smallest absolute Gasteiger partial charge is 0.387 e. The molecule has 3 N–H and O–H groups in total. The van der Waals surface area contributed by atoms with E-state index >= 15 is 0 Å². The monoisotopic (exact) mass is 788 g/mol. The molecule has 0 saturated heterocycles. The number of nitrogens with one attached hydrogen (secondary N) is 1. The maximum Gasteiger partial charge on any atom is 0.472 e. The Morgan fingerprint density at radius 3 is 1.60 bits per heavy atom. The van der Waals surface area contributed by atoms with Gasteiger partial charge >= 0.3 is 7.82 Å². The summed E-state index contributed by atoms with van der Waals surface area (Å²) in [6, 6.07) is -0.880. The number of likely N-dealkylation sites (N-methyl/N-ethyl adjacent to an activating group) is 1. The first-order valence-electron chi connectivity index (χ1n) is 21.1. The minimum Gasteiger partial charge on any atom is -0.387 e. The van der Waals surface area contributed by atoms with Crippen molar-refractivity contribution in [3.05, 3.63) is 97.2 Å². The first-order valence-corrected chi connectivity index (χ1v) is 22.6. The van der Waals surface area contributed by atoms with E-state index in [0.29, 0.717) is 17.4 Å². The number of phosphoric acid groups is 1. The molecule has 0 aromatic carbocycles. The van der Waals surface area contributed by atoms with Gasteiger partial charge in [0.2, 0.25) is 5.91 Å². The molecule has 0 bridgehead atoms. The number of unbranched alkanes of at least 4 members (excludes halogenated alkanes) is 9. The molecule has 0 radical (unpaired) electrons. The second-order valence-electron chi connectivity index (χ2n) is 14.9. The molecule has 0 saturated carbocycles. The summed E-state index contributed by atoms with van der Waals surface area (Å²) in [7, 11) is 1.51. The van der Waals surface area contributed by atoms with E-state index in [9.17, 15) is 19.4 Å². The van der Waals surface area contributed by atoms with Crippen molar-refractivity contribution in [1.82, 2.24) is 5.32 Å². The number of hydrogen-bond acceptors (Lipinski definition) is 5. The van der Waals surface area contributed by atoms with Crippen molar-refractivity contribution in [2.75, 3.05) is 40.9 Å². The van der Waals surface area contributed by atoms with E-state index in [-0.39, 0.29) is 19.1 Å². The first kappa shape index (κ1) is 52.4. The first-order chi connectivity index (χ1) is 26.5. The summed E-state index contributed by atoms with van der Waals surface area (Å²) in [5, 5.41) is 13.7. The molecule has 0 aliphatic rings. The Kier molecular flexibility index (Phi) is 35.3. The zero-order chi connectivity index (χ0) is 40.7. The highest BCUT2D eigenvalue weighted by Gasteiger charge is 2.27. The van der Waals surface area contributed by atoms with Gasteiger partial charge in [0, 0.05) is 6.42 Å². The van der Waals surface area contributed by atoms with E-state index in [4.69, 9.17) is 9.05 Å². The van der Waals surface area contributed by atoms with Crippen molar-refractivity contribution in [3.63, 3.8) is 0 Å². The lowest BCUT2D eigenvalue weighted by Gasteiger charge is -2.25. The van der Waals surface area contributed by atoms with Gasteiger partial charge < -0.3 is 19.8 Å². The van der Waals surface area contributed by atoms with E-state index in [2.05, 4.69) is 104 Å². The number of quaternary nitrogens is 1. The quantitative estimate of drug-likeness (QED) is 0.0253. The Morgan fingerprint density at radius 1 is 0.618 bits per heavy atom. The summed E-state index contributed by atoms with van der Waals surface area (Å²) in [5.41, 5.74) is 0. The lowest BCUT2D eigenvalue weighted by Crippen LogP contribution is -2.45. The van der Waals surface area contributed by atoms with Crippen molar-refractivity contribution in [1.29, 1.82) is 0 Å². The second-order valence-corrected chi connectivity index (χ2v) is 16.4.